The topological polar surface area (TPSA) is 66.8 Å². The lowest BCUT2D eigenvalue weighted by atomic mass is 10.0. The first-order valence-corrected chi connectivity index (χ1v) is 3.13. The number of aliphatic hydroxyl groups is 2. The molecule has 1 fully saturated rings. The predicted molar refractivity (Wildman–Crippen MR) is 32.2 cm³/mol. The Morgan fingerprint density at radius 2 is 2.50 bits per heavy atom. The number of rotatable bonds is 1. The second-order valence-electron chi connectivity index (χ2n) is 2.61. The Morgan fingerprint density at radius 1 is 1.90 bits per heavy atom. The van der Waals surface area contributed by atoms with Crippen molar-refractivity contribution in [3.05, 3.63) is 0 Å². The number of aliphatic hydroxyl groups excluding tert-OH is 1. The highest BCUT2D eigenvalue weighted by atomic mass is 16.6. The maximum atomic E-state index is 10.7. The molecule has 0 amide bonds. The van der Waals surface area contributed by atoms with Crippen molar-refractivity contribution in [2.75, 3.05) is 6.61 Å². The maximum Gasteiger partial charge on any atom is 0.340 e. The van der Waals surface area contributed by atoms with Gasteiger partial charge in [0, 0.05) is 6.42 Å². The summed E-state index contributed by atoms with van der Waals surface area (Å²) in [5.41, 5.74) is -1.64. The summed E-state index contributed by atoms with van der Waals surface area (Å²) in [6, 6.07) is 0. The molecular weight excluding hydrogens is 136 g/mol. The van der Waals surface area contributed by atoms with Crippen LogP contribution in [0.5, 0.6) is 0 Å². The van der Waals surface area contributed by atoms with Gasteiger partial charge in [0.1, 0.15) is 6.10 Å². The summed E-state index contributed by atoms with van der Waals surface area (Å²) in [6.45, 7) is 1.11. The van der Waals surface area contributed by atoms with Gasteiger partial charge in [0.2, 0.25) is 0 Å². The largest absolute Gasteiger partial charge is 0.460 e. The molecule has 0 bridgehead atoms. The predicted octanol–water partition coefficient (Wildman–Crippen LogP) is -0.955. The summed E-state index contributed by atoms with van der Waals surface area (Å²) in [6.07, 6.45) is -0.104. The van der Waals surface area contributed by atoms with Gasteiger partial charge in [0.05, 0.1) is 6.61 Å². The van der Waals surface area contributed by atoms with Gasteiger partial charge in [-0.05, 0) is 6.92 Å². The van der Waals surface area contributed by atoms with Gasteiger partial charge in [0.25, 0.3) is 0 Å². The second kappa shape index (κ2) is 2.21. The Balaban J connectivity index is 2.70. The summed E-state index contributed by atoms with van der Waals surface area (Å²) in [7, 11) is 0. The molecule has 2 N–H and O–H groups in total. The van der Waals surface area contributed by atoms with Crippen LogP contribution in [0, 0.1) is 0 Å². The number of hydrogen-bond donors (Lipinski definition) is 2. The minimum Gasteiger partial charge on any atom is -0.460 e. The Labute approximate surface area is 58.4 Å². The van der Waals surface area contributed by atoms with Gasteiger partial charge in [-0.25, -0.2) is 4.79 Å². The highest BCUT2D eigenvalue weighted by molar-refractivity contribution is 5.81. The molecule has 0 saturated carbocycles. The van der Waals surface area contributed by atoms with Crippen molar-refractivity contribution in [3.63, 3.8) is 0 Å². The van der Waals surface area contributed by atoms with E-state index in [1.165, 1.54) is 0 Å². The van der Waals surface area contributed by atoms with E-state index in [9.17, 15) is 9.90 Å². The van der Waals surface area contributed by atoms with Crippen molar-refractivity contribution in [1.29, 1.82) is 0 Å². The Bertz CT molecular complexity index is 156. The van der Waals surface area contributed by atoms with Crippen molar-refractivity contribution in [1.82, 2.24) is 0 Å². The number of esters is 1. The van der Waals surface area contributed by atoms with Crippen LogP contribution in [0.15, 0.2) is 0 Å². The molecule has 1 heterocycles. The SMILES string of the molecule is C[C@@H]1C[C@](O)(CO)C(=O)O1. The lowest BCUT2D eigenvalue weighted by Crippen LogP contribution is -2.38. The molecule has 0 aliphatic carbocycles. The van der Waals surface area contributed by atoms with E-state index in [0.717, 1.165) is 0 Å². The fraction of sp³-hybridized carbons (Fsp3) is 0.833. The average molecular weight is 146 g/mol. The number of cyclic esters (lactones) is 1. The van der Waals surface area contributed by atoms with Crippen molar-refractivity contribution in [3.8, 4) is 0 Å². The third-order valence-corrected chi connectivity index (χ3v) is 1.57. The zero-order valence-electron chi connectivity index (χ0n) is 5.70. The van der Waals surface area contributed by atoms with Crippen molar-refractivity contribution >= 4 is 5.97 Å². The maximum absolute atomic E-state index is 10.7. The van der Waals surface area contributed by atoms with Crippen molar-refractivity contribution in [2.45, 2.75) is 25.0 Å². The molecule has 0 radical (unpaired) electrons. The van der Waals surface area contributed by atoms with Crippen LogP contribution >= 0.6 is 0 Å². The van der Waals surface area contributed by atoms with Crippen LogP contribution in [0.1, 0.15) is 13.3 Å². The highest BCUT2D eigenvalue weighted by Gasteiger charge is 2.45. The fourth-order valence-electron chi connectivity index (χ4n) is 1.02. The molecule has 1 aliphatic rings. The summed E-state index contributed by atoms with van der Waals surface area (Å²) in [5.74, 6) is -0.720. The third-order valence-electron chi connectivity index (χ3n) is 1.57. The Kier molecular flexibility index (Phi) is 1.66. The molecule has 4 heteroatoms. The molecule has 0 spiro atoms. The average Bonchev–Trinajstić information content (AvgIpc) is 2.09. The van der Waals surface area contributed by atoms with E-state index in [-0.39, 0.29) is 12.5 Å². The van der Waals surface area contributed by atoms with Crippen LogP contribution in [0.3, 0.4) is 0 Å². The minimum absolute atomic E-state index is 0.183. The van der Waals surface area contributed by atoms with Gasteiger partial charge in [-0.3, -0.25) is 0 Å². The van der Waals surface area contributed by atoms with Crippen LogP contribution in [0.25, 0.3) is 0 Å². The zero-order valence-corrected chi connectivity index (χ0v) is 5.70. The number of hydrogen-bond acceptors (Lipinski definition) is 4. The zero-order chi connectivity index (χ0) is 7.78. The standard InChI is InChI=1S/C6H10O4/c1-4-2-6(9,3-7)5(8)10-4/h4,7,9H,2-3H2,1H3/t4-,6+/m1/s1. The first-order valence-electron chi connectivity index (χ1n) is 3.13. The Hall–Kier alpha value is -0.610. The lowest BCUT2D eigenvalue weighted by molar-refractivity contribution is -0.157. The molecule has 2 atom stereocenters. The van der Waals surface area contributed by atoms with Crippen molar-refractivity contribution in [2.24, 2.45) is 0 Å². The van der Waals surface area contributed by atoms with E-state index in [1.807, 2.05) is 0 Å². The second-order valence-corrected chi connectivity index (χ2v) is 2.61. The molecule has 4 nitrogen and oxygen atoms in total. The molecule has 10 heavy (non-hydrogen) atoms. The number of carbonyl (C=O) groups is 1. The molecule has 0 aromatic carbocycles. The van der Waals surface area contributed by atoms with Crippen LogP contribution in [0.4, 0.5) is 0 Å². The van der Waals surface area contributed by atoms with Gasteiger partial charge < -0.3 is 14.9 Å². The van der Waals surface area contributed by atoms with E-state index in [2.05, 4.69) is 4.74 Å². The summed E-state index contributed by atoms with van der Waals surface area (Å²) >= 11 is 0. The fourth-order valence-corrected chi connectivity index (χ4v) is 1.02. The van der Waals surface area contributed by atoms with E-state index in [1.54, 1.807) is 6.92 Å². The molecule has 58 valence electrons. The molecule has 0 aromatic heterocycles. The van der Waals surface area contributed by atoms with Crippen LogP contribution in [-0.4, -0.2) is 34.5 Å². The van der Waals surface area contributed by atoms with E-state index in [4.69, 9.17) is 5.11 Å². The van der Waals surface area contributed by atoms with Gasteiger partial charge in [-0.1, -0.05) is 0 Å². The summed E-state index contributed by atoms with van der Waals surface area (Å²) in [4.78, 5) is 10.7. The highest BCUT2D eigenvalue weighted by Crippen LogP contribution is 2.24. The van der Waals surface area contributed by atoms with Crippen molar-refractivity contribution < 1.29 is 19.7 Å². The van der Waals surface area contributed by atoms with Gasteiger partial charge in [-0.2, -0.15) is 0 Å². The van der Waals surface area contributed by atoms with E-state index in [0.29, 0.717) is 0 Å². The van der Waals surface area contributed by atoms with E-state index >= 15 is 0 Å². The molecule has 1 saturated heterocycles. The van der Waals surface area contributed by atoms with Gasteiger partial charge >= 0.3 is 5.97 Å². The molecule has 1 rings (SSSR count). The molecule has 1 aliphatic heterocycles. The summed E-state index contributed by atoms with van der Waals surface area (Å²) < 4.78 is 4.62. The molecule has 0 unspecified atom stereocenters. The number of carbonyl (C=O) groups excluding carboxylic acids is 1. The van der Waals surface area contributed by atoms with Gasteiger partial charge in [0.15, 0.2) is 5.60 Å². The first-order chi connectivity index (χ1) is 4.58. The lowest BCUT2D eigenvalue weighted by Gasteiger charge is -2.12. The quantitative estimate of drug-likeness (QED) is 0.468. The first kappa shape index (κ1) is 7.50. The molecular formula is C6H10O4. The van der Waals surface area contributed by atoms with Crippen LogP contribution < -0.4 is 0 Å². The molecule has 0 aromatic rings. The van der Waals surface area contributed by atoms with E-state index < -0.39 is 18.2 Å². The minimum atomic E-state index is -1.64. The van der Waals surface area contributed by atoms with Gasteiger partial charge in [-0.15, -0.1) is 0 Å². The normalized spacial score (nSPS) is 39.9. The monoisotopic (exact) mass is 146 g/mol. The Morgan fingerprint density at radius 3 is 2.70 bits per heavy atom. The number of ether oxygens (including phenoxy) is 1. The smallest absolute Gasteiger partial charge is 0.340 e. The third kappa shape index (κ3) is 0.998. The van der Waals surface area contributed by atoms with Crippen LogP contribution in [-0.2, 0) is 9.53 Å². The van der Waals surface area contributed by atoms with Crippen LogP contribution in [0.2, 0.25) is 0 Å². The summed E-state index contributed by atoms with van der Waals surface area (Å²) in [5, 5.41) is 17.8.